The van der Waals surface area contributed by atoms with Crippen LogP contribution in [0.5, 0.6) is 0 Å². The highest BCUT2D eigenvalue weighted by Gasteiger charge is 2.53. The largest absolute Gasteiger partial charge is 0.390 e. The smallest absolute Gasteiger partial charge is 0.226 e. The summed E-state index contributed by atoms with van der Waals surface area (Å²) < 4.78 is 0. The Labute approximate surface area is 156 Å². The number of carbonyl (C=O) groups excluding carboxylic acids is 1. The molecule has 1 aliphatic heterocycles. The lowest BCUT2D eigenvalue weighted by molar-refractivity contribution is -0.130. The van der Waals surface area contributed by atoms with Gasteiger partial charge in [-0.1, -0.05) is 17.5 Å². The topological polar surface area (TPSA) is 84.8 Å². The van der Waals surface area contributed by atoms with Gasteiger partial charge >= 0.3 is 0 Å². The van der Waals surface area contributed by atoms with Crippen LogP contribution in [0.3, 0.4) is 0 Å². The molecule has 3 rings (SSSR count). The molecule has 2 fully saturated rings. The summed E-state index contributed by atoms with van der Waals surface area (Å²) in [6.07, 6.45) is 3.27. The number of nitrogens with zero attached hydrogens (tertiary/aromatic N) is 1. The molecule has 2 aliphatic rings. The van der Waals surface area contributed by atoms with Gasteiger partial charge in [0.05, 0.1) is 30.7 Å². The van der Waals surface area contributed by atoms with Gasteiger partial charge < -0.3 is 25.7 Å². The molecule has 1 saturated heterocycles. The van der Waals surface area contributed by atoms with E-state index in [1.807, 2.05) is 0 Å². The Bertz CT molecular complexity index is 721. The van der Waals surface area contributed by atoms with E-state index in [2.05, 4.69) is 16.6 Å². The van der Waals surface area contributed by atoms with Gasteiger partial charge in [-0.05, 0) is 42.9 Å². The highest BCUT2D eigenvalue weighted by molar-refractivity contribution is 7.80. The number of terminal acetylenes is 1. The van der Waals surface area contributed by atoms with Gasteiger partial charge in [0.15, 0.2) is 5.11 Å². The van der Waals surface area contributed by atoms with Crippen LogP contribution in [0.4, 0.5) is 5.69 Å². The van der Waals surface area contributed by atoms with E-state index in [1.165, 1.54) is 0 Å². The van der Waals surface area contributed by atoms with Crippen molar-refractivity contribution >= 4 is 40.5 Å². The Kier molecular flexibility index (Phi) is 5.16. The number of halogens is 1. The molecule has 8 heteroatoms. The number of rotatable bonds is 3. The summed E-state index contributed by atoms with van der Waals surface area (Å²) in [5.41, 5.74) is 0.757. The molecule has 0 spiro atoms. The Balaban J connectivity index is 1.96. The predicted octanol–water partition coefficient (Wildman–Crippen LogP) is 0.263. The lowest BCUT2D eigenvalue weighted by Gasteiger charge is -2.41. The van der Waals surface area contributed by atoms with E-state index < -0.39 is 30.2 Å². The van der Waals surface area contributed by atoms with E-state index in [-0.39, 0.29) is 18.9 Å². The molecule has 0 aromatic heterocycles. The summed E-state index contributed by atoms with van der Waals surface area (Å²) in [7, 11) is 0. The number of hydrogen-bond acceptors (Lipinski definition) is 4. The zero-order chi connectivity index (χ0) is 18.1. The fourth-order valence-corrected chi connectivity index (χ4v) is 4.00. The van der Waals surface area contributed by atoms with Gasteiger partial charge in [0.25, 0.3) is 0 Å². The van der Waals surface area contributed by atoms with Crippen molar-refractivity contribution in [2.75, 3.05) is 11.4 Å². The van der Waals surface area contributed by atoms with E-state index in [9.17, 15) is 15.0 Å². The second kappa shape index (κ2) is 7.18. The van der Waals surface area contributed by atoms with Crippen LogP contribution in [0.25, 0.3) is 0 Å². The Morgan fingerprint density at radius 2 is 2.12 bits per heavy atom. The first-order valence-corrected chi connectivity index (χ1v) is 8.65. The van der Waals surface area contributed by atoms with Crippen LogP contribution < -0.4 is 15.5 Å². The number of nitrogens with one attached hydrogen (secondary N) is 2. The molecule has 1 aromatic carbocycles. The number of fused-ring (bicyclic) bond motifs is 1. The standard InChI is InChI=1S/C17H18ClN3O3S/c1-2-7-19-16(24)11-8-12(22)15(23)13-14(11)21(17(25)20-13)10-5-3-9(18)4-6-10/h1,3-6,11-15,22-23H,7-8H2,(H,19,24)(H,20,25). The van der Waals surface area contributed by atoms with Gasteiger partial charge in [-0.25, -0.2) is 0 Å². The number of aliphatic hydroxyl groups is 2. The van der Waals surface area contributed by atoms with Crippen LogP contribution in [-0.4, -0.2) is 52.1 Å². The zero-order valence-corrected chi connectivity index (χ0v) is 14.8. The van der Waals surface area contributed by atoms with Gasteiger partial charge in [0.1, 0.15) is 6.10 Å². The number of hydrogen-bond donors (Lipinski definition) is 4. The molecule has 1 aromatic rings. The van der Waals surface area contributed by atoms with Gasteiger partial charge in [0, 0.05) is 10.7 Å². The molecule has 25 heavy (non-hydrogen) atoms. The summed E-state index contributed by atoms with van der Waals surface area (Å²) in [6, 6.07) is 6.06. The van der Waals surface area contributed by atoms with Crippen LogP contribution in [0, 0.1) is 18.3 Å². The minimum atomic E-state index is -1.03. The van der Waals surface area contributed by atoms with Crippen molar-refractivity contribution in [1.29, 1.82) is 0 Å². The Morgan fingerprint density at radius 1 is 1.44 bits per heavy atom. The average molecular weight is 380 g/mol. The van der Waals surface area contributed by atoms with Crippen LogP contribution in [0.15, 0.2) is 24.3 Å². The molecule has 6 nitrogen and oxygen atoms in total. The first kappa shape index (κ1) is 18.0. The van der Waals surface area contributed by atoms with E-state index >= 15 is 0 Å². The number of amides is 1. The third-order valence-electron chi connectivity index (χ3n) is 4.65. The van der Waals surface area contributed by atoms with E-state index in [0.717, 1.165) is 5.69 Å². The molecule has 1 amide bonds. The van der Waals surface area contributed by atoms with E-state index in [0.29, 0.717) is 10.1 Å². The summed E-state index contributed by atoms with van der Waals surface area (Å²) in [6.45, 7) is 0.101. The molecule has 1 heterocycles. The Hall–Kier alpha value is -1.85. The van der Waals surface area contributed by atoms with Crippen molar-refractivity contribution in [3.8, 4) is 12.3 Å². The van der Waals surface area contributed by atoms with Crippen LogP contribution >= 0.6 is 23.8 Å². The van der Waals surface area contributed by atoms with Crippen molar-refractivity contribution in [3.63, 3.8) is 0 Å². The minimum absolute atomic E-state index is 0.101. The quantitative estimate of drug-likeness (QED) is 0.445. The fraction of sp³-hybridized carbons (Fsp3) is 0.412. The number of anilines is 1. The van der Waals surface area contributed by atoms with Crippen molar-refractivity contribution in [1.82, 2.24) is 10.6 Å². The third-order valence-corrected chi connectivity index (χ3v) is 5.22. The lowest BCUT2D eigenvalue weighted by Crippen LogP contribution is -2.61. The Morgan fingerprint density at radius 3 is 2.76 bits per heavy atom. The number of benzene rings is 1. The van der Waals surface area contributed by atoms with Crippen molar-refractivity contribution in [2.45, 2.75) is 30.7 Å². The molecule has 5 atom stereocenters. The van der Waals surface area contributed by atoms with Crippen molar-refractivity contribution < 1.29 is 15.0 Å². The maximum Gasteiger partial charge on any atom is 0.226 e. The summed E-state index contributed by atoms with van der Waals surface area (Å²) in [5.74, 6) is 1.51. The van der Waals surface area contributed by atoms with Crippen LogP contribution in [0.1, 0.15) is 6.42 Å². The maximum atomic E-state index is 12.6. The normalized spacial score (nSPS) is 31.0. The molecule has 4 N–H and O–H groups in total. The molecular weight excluding hydrogens is 362 g/mol. The first-order chi connectivity index (χ1) is 11.9. The van der Waals surface area contributed by atoms with Gasteiger partial charge in [-0.2, -0.15) is 0 Å². The highest BCUT2D eigenvalue weighted by Crippen LogP contribution is 2.36. The van der Waals surface area contributed by atoms with Crippen LogP contribution in [-0.2, 0) is 4.79 Å². The first-order valence-electron chi connectivity index (χ1n) is 7.86. The number of aliphatic hydroxyl groups excluding tert-OH is 2. The molecular formula is C17H18ClN3O3S. The fourth-order valence-electron chi connectivity index (χ4n) is 3.51. The second-order valence-electron chi connectivity index (χ2n) is 6.13. The monoisotopic (exact) mass is 379 g/mol. The molecule has 5 unspecified atom stereocenters. The van der Waals surface area contributed by atoms with Gasteiger partial charge in [-0.15, -0.1) is 6.42 Å². The SMILES string of the molecule is C#CCNC(=O)C1CC(O)C(O)C2NC(=S)N(c3ccc(Cl)cc3)C12. The lowest BCUT2D eigenvalue weighted by atomic mass is 9.77. The minimum Gasteiger partial charge on any atom is -0.390 e. The third kappa shape index (κ3) is 3.31. The molecule has 1 aliphatic carbocycles. The van der Waals surface area contributed by atoms with Crippen molar-refractivity contribution in [3.05, 3.63) is 29.3 Å². The molecule has 0 bridgehead atoms. The number of carbonyl (C=O) groups is 1. The molecule has 132 valence electrons. The highest BCUT2D eigenvalue weighted by atomic mass is 35.5. The number of thiocarbonyl (C=S) groups is 1. The van der Waals surface area contributed by atoms with Gasteiger partial charge in [-0.3, -0.25) is 4.79 Å². The van der Waals surface area contributed by atoms with Crippen LogP contribution in [0.2, 0.25) is 5.02 Å². The molecule has 0 radical (unpaired) electrons. The summed E-state index contributed by atoms with van der Waals surface area (Å²) in [5, 5.41) is 27.2. The zero-order valence-electron chi connectivity index (χ0n) is 13.2. The van der Waals surface area contributed by atoms with Gasteiger partial charge in [0.2, 0.25) is 5.91 Å². The summed E-state index contributed by atoms with van der Waals surface area (Å²) >= 11 is 11.4. The molecule has 1 saturated carbocycles. The van der Waals surface area contributed by atoms with E-state index in [1.54, 1.807) is 29.2 Å². The van der Waals surface area contributed by atoms with Crippen molar-refractivity contribution in [2.24, 2.45) is 5.92 Å². The second-order valence-corrected chi connectivity index (χ2v) is 6.96. The maximum absolute atomic E-state index is 12.6. The van der Waals surface area contributed by atoms with E-state index in [4.69, 9.17) is 30.2 Å². The summed E-state index contributed by atoms with van der Waals surface area (Å²) in [4.78, 5) is 14.4. The average Bonchev–Trinajstić information content (AvgIpc) is 2.94. The predicted molar refractivity (Wildman–Crippen MR) is 99.2 cm³/mol.